The minimum atomic E-state index is -0.989. The second kappa shape index (κ2) is 11.5. The lowest BCUT2D eigenvalue weighted by molar-refractivity contribution is -0.156. The van der Waals surface area contributed by atoms with Crippen LogP contribution in [0.5, 0.6) is 0 Å². The number of hydrogen-bond donors (Lipinski definition) is 2. The summed E-state index contributed by atoms with van der Waals surface area (Å²) in [6.07, 6.45) is 1.61. The molecule has 1 aromatic carbocycles. The summed E-state index contributed by atoms with van der Waals surface area (Å²) < 4.78 is 5.42. The molecule has 2 amide bonds. The van der Waals surface area contributed by atoms with Crippen LogP contribution in [0.25, 0.3) is 0 Å². The van der Waals surface area contributed by atoms with Crippen molar-refractivity contribution in [2.75, 3.05) is 17.3 Å². The molecule has 0 bridgehead atoms. The zero-order valence-electron chi connectivity index (χ0n) is 16.5. The van der Waals surface area contributed by atoms with Gasteiger partial charge >= 0.3 is 5.97 Å². The highest BCUT2D eigenvalue weighted by Gasteiger charge is 2.28. The lowest BCUT2D eigenvalue weighted by Gasteiger charge is -2.21. The van der Waals surface area contributed by atoms with Crippen molar-refractivity contribution >= 4 is 46.0 Å². The summed E-state index contributed by atoms with van der Waals surface area (Å²) in [7, 11) is 0. The van der Waals surface area contributed by atoms with Crippen LogP contribution < -0.4 is 10.6 Å². The maximum atomic E-state index is 12.7. The summed E-state index contributed by atoms with van der Waals surface area (Å²) in [5.41, 5.74) is 0.450. The van der Waals surface area contributed by atoms with Gasteiger partial charge in [0.25, 0.3) is 11.8 Å². The molecule has 10 heteroatoms. The summed E-state index contributed by atoms with van der Waals surface area (Å²) in [6, 6.07) is 7.78. The highest BCUT2D eigenvalue weighted by atomic mass is 32.2. The molecule has 0 saturated carbocycles. The number of aryl methyl sites for hydroxylation is 1. The van der Waals surface area contributed by atoms with Crippen molar-refractivity contribution in [2.24, 2.45) is 0 Å². The topological polar surface area (TPSA) is 110 Å². The maximum Gasteiger partial charge on any atom is 0.329 e. The summed E-state index contributed by atoms with van der Waals surface area (Å²) >= 11 is 2.78. The SMILES string of the molecule is CCC(OC(=O)C(CCSC)NC(=O)c1ccccc1)C(=O)Nc1nnc(C)s1. The van der Waals surface area contributed by atoms with Crippen molar-refractivity contribution in [1.82, 2.24) is 15.5 Å². The van der Waals surface area contributed by atoms with Gasteiger partial charge < -0.3 is 10.1 Å². The fourth-order valence-electron chi connectivity index (χ4n) is 2.39. The van der Waals surface area contributed by atoms with Gasteiger partial charge in [0.2, 0.25) is 5.13 Å². The molecule has 1 aromatic heterocycles. The number of carbonyl (C=O) groups excluding carboxylic acids is 3. The number of carbonyl (C=O) groups is 3. The molecule has 29 heavy (non-hydrogen) atoms. The van der Waals surface area contributed by atoms with E-state index in [9.17, 15) is 14.4 Å². The summed E-state index contributed by atoms with van der Waals surface area (Å²) in [4.78, 5) is 37.6. The molecule has 0 aliphatic rings. The lowest BCUT2D eigenvalue weighted by atomic mass is 10.1. The fraction of sp³-hybridized carbons (Fsp3) is 0.421. The Kier molecular flexibility index (Phi) is 9.07. The molecule has 156 valence electrons. The van der Waals surface area contributed by atoms with Crippen LogP contribution >= 0.6 is 23.1 Å². The lowest BCUT2D eigenvalue weighted by Crippen LogP contribution is -2.45. The average molecular weight is 437 g/mol. The van der Waals surface area contributed by atoms with E-state index in [1.54, 1.807) is 55.9 Å². The molecule has 0 saturated heterocycles. The Morgan fingerprint density at radius 1 is 1.21 bits per heavy atom. The molecule has 0 spiro atoms. The van der Waals surface area contributed by atoms with Crippen LogP contribution in [0.2, 0.25) is 0 Å². The summed E-state index contributed by atoms with van der Waals surface area (Å²) in [5.74, 6) is -0.828. The Morgan fingerprint density at radius 2 is 1.93 bits per heavy atom. The number of rotatable bonds is 10. The van der Waals surface area contributed by atoms with Crippen LogP contribution in [0.4, 0.5) is 5.13 Å². The number of esters is 1. The predicted molar refractivity (Wildman–Crippen MR) is 114 cm³/mol. The third-order valence-electron chi connectivity index (χ3n) is 3.91. The van der Waals surface area contributed by atoms with E-state index in [1.165, 1.54) is 11.3 Å². The number of ether oxygens (including phenoxy) is 1. The number of nitrogens with zero attached hydrogens (tertiary/aromatic N) is 2. The Bertz CT molecular complexity index is 829. The first-order valence-electron chi connectivity index (χ1n) is 9.10. The van der Waals surface area contributed by atoms with Crippen LogP contribution in [-0.4, -0.2) is 52.1 Å². The van der Waals surface area contributed by atoms with Crippen LogP contribution in [0.15, 0.2) is 30.3 Å². The van der Waals surface area contributed by atoms with E-state index in [4.69, 9.17) is 4.74 Å². The monoisotopic (exact) mass is 436 g/mol. The zero-order chi connectivity index (χ0) is 21.2. The van der Waals surface area contributed by atoms with Gasteiger partial charge in [-0.25, -0.2) is 4.79 Å². The Labute approximate surface area is 177 Å². The zero-order valence-corrected chi connectivity index (χ0v) is 18.1. The van der Waals surface area contributed by atoms with Crippen molar-refractivity contribution in [3.8, 4) is 0 Å². The number of benzene rings is 1. The van der Waals surface area contributed by atoms with E-state index in [0.29, 0.717) is 27.9 Å². The van der Waals surface area contributed by atoms with Crippen molar-refractivity contribution < 1.29 is 19.1 Å². The van der Waals surface area contributed by atoms with Gasteiger partial charge in [-0.1, -0.05) is 36.5 Å². The second-order valence-corrected chi connectivity index (χ2v) is 8.29. The molecule has 8 nitrogen and oxygen atoms in total. The Balaban J connectivity index is 2.02. The maximum absolute atomic E-state index is 12.7. The number of nitrogens with one attached hydrogen (secondary N) is 2. The first-order valence-corrected chi connectivity index (χ1v) is 11.3. The fourth-order valence-corrected chi connectivity index (χ4v) is 3.46. The van der Waals surface area contributed by atoms with Crippen molar-refractivity contribution in [3.63, 3.8) is 0 Å². The van der Waals surface area contributed by atoms with Gasteiger partial charge in [0.1, 0.15) is 11.0 Å². The quantitative estimate of drug-likeness (QED) is 0.551. The molecule has 2 rings (SSSR count). The first kappa shape index (κ1) is 22.8. The Hall–Kier alpha value is -2.46. The van der Waals surface area contributed by atoms with Crippen LogP contribution in [-0.2, 0) is 14.3 Å². The molecule has 0 aliphatic heterocycles. The highest BCUT2D eigenvalue weighted by Crippen LogP contribution is 2.15. The molecule has 0 fully saturated rings. The van der Waals surface area contributed by atoms with Crippen LogP contribution in [0.3, 0.4) is 0 Å². The van der Waals surface area contributed by atoms with E-state index in [1.807, 2.05) is 6.26 Å². The standard InChI is InChI=1S/C19H24N4O4S2/c1-4-15(17(25)21-19-23-22-12(2)29-19)27-18(26)14(10-11-28-3)20-16(24)13-8-6-5-7-9-13/h5-9,14-15H,4,10-11H2,1-3H3,(H,20,24)(H,21,23,25). The summed E-state index contributed by atoms with van der Waals surface area (Å²) in [5, 5.41) is 14.0. The van der Waals surface area contributed by atoms with E-state index < -0.39 is 24.0 Å². The third kappa shape index (κ3) is 7.13. The van der Waals surface area contributed by atoms with E-state index in [-0.39, 0.29) is 12.3 Å². The second-order valence-electron chi connectivity index (χ2n) is 6.12. The average Bonchev–Trinajstić information content (AvgIpc) is 3.13. The molecule has 2 N–H and O–H groups in total. The van der Waals surface area contributed by atoms with Gasteiger partial charge in [-0.2, -0.15) is 11.8 Å². The van der Waals surface area contributed by atoms with Gasteiger partial charge in [0.05, 0.1) is 0 Å². The first-order chi connectivity index (χ1) is 13.9. The van der Waals surface area contributed by atoms with Crippen molar-refractivity contribution in [3.05, 3.63) is 40.9 Å². The number of aromatic nitrogens is 2. The van der Waals surface area contributed by atoms with E-state index >= 15 is 0 Å². The molecular formula is C19H24N4O4S2. The minimum Gasteiger partial charge on any atom is -0.451 e. The van der Waals surface area contributed by atoms with Crippen LogP contribution in [0, 0.1) is 6.92 Å². The van der Waals surface area contributed by atoms with Gasteiger partial charge in [0.15, 0.2) is 6.10 Å². The number of thioether (sulfide) groups is 1. The summed E-state index contributed by atoms with van der Waals surface area (Å²) in [6.45, 7) is 3.51. The molecule has 0 radical (unpaired) electrons. The molecular weight excluding hydrogens is 412 g/mol. The van der Waals surface area contributed by atoms with E-state index in [2.05, 4.69) is 20.8 Å². The number of amides is 2. The number of anilines is 1. The third-order valence-corrected chi connectivity index (χ3v) is 5.31. The largest absolute Gasteiger partial charge is 0.451 e. The highest BCUT2D eigenvalue weighted by molar-refractivity contribution is 7.98. The van der Waals surface area contributed by atoms with Crippen molar-refractivity contribution in [2.45, 2.75) is 38.8 Å². The van der Waals surface area contributed by atoms with Gasteiger partial charge in [-0.3, -0.25) is 14.9 Å². The van der Waals surface area contributed by atoms with E-state index in [0.717, 1.165) is 0 Å². The smallest absolute Gasteiger partial charge is 0.329 e. The minimum absolute atomic E-state index is 0.289. The predicted octanol–water partition coefficient (Wildman–Crippen LogP) is 2.66. The number of hydrogen-bond acceptors (Lipinski definition) is 8. The molecule has 2 aromatic rings. The van der Waals surface area contributed by atoms with Gasteiger partial charge in [0, 0.05) is 5.56 Å². The Morgan fingerprint density at radius 3 is 2.52 bits per heavy atom. The molecule has 2 unspecified atom stereocenters. The normalized spacial score (nSPS) is 12.7. The van der Waals surface area contributed by atoms with Crippen LogP contribution in [0.1, 0.15) is 35.1 Å². The van der Waals surface area contributed by atoms with Gasteiger partial charge in [-0.15, -0.1) is 10.2 Å². The van der Waals surface area contributed by atoms with Crippen molar-refractivity contribution in [1.29, 1.82) is 0 Å². The molecule has 1 heterocycles. The molecule has 0 aliphatic carbocycles. The molecule has 2 atom stereocenters. The van der Waals surface area contributed by atoms with Gasteiger partial charge in [-0.05, 0) is 43.9 Å².